The molecular formula is C18H18ClN5O3. The smallest absolute Gasteiger partial charge is 0.271 e. The minimum Gasteiger partial charge on any atom is -0.395 e. The van der Waals surface area contributed by atoms with Crippen molar-refractivity contribution in [3.05, 3.63) is 57.1 Å². The molecule has 0 aliphatic heterocycles. The van der Waals surface area contributed by atoms with Gasteiger partial charge in [-0.25, -0.2) is 0 Å². The van der Waals surface area contributed by atoms with E-state index in [9.17, 15) is 15.2 Å². The van der Waals surface area contributed by atoms with E-state index in [0.29, 0.717) is 30.9 Å². The summed E-state index contributed by atoms with van der Waals surface area (Å²) >= 11 is 6.01. The van der Waals surface area contributed by atoms with Crippen LogP contribution in [0.3, 0.4) is 0 Å². The molecule has 2 aromatic carbocycles. The fourth-order valence-corrected chi connectivity index (χ4v) is 2.63. The van der Waals surface area contributed by atoms with Crippen molar-refractivity contribution < 1.29 is 10.0 Å². The molecule has 0 aliphatic rings. The van der Waals surface area contributed by atoms with Gasteiger partial charge in [0.2, 0.25) is 0 Å². The van der Waals surface area contributed by atoms with Gasteiger partial charge in [-0.3, -0.25) is 10.1 Å². The number of hydrogen-bond donors (Lipinski definition) is 1. The number of hydrogen-bond acceptors (Lipinski definition) is 7. The number of aliphatic hydroxyl groups is 1. The van der Waals surface area contributed by atoms with Crippen molar-refractivity contribution >= 4 is 34.4 Å². The van der Waals surface area contributed by atoms with Crippen LogP contribution < -0.4 is 4.90 Å². The van der Waals surface area contributed by atoms with Crippen LogP contribution in [0, 0.1) is 28.4 Å². The zero-order chi connectivity index (χ0) is 19.8. The second kappa shape index (κ2) is 9.62. The lowest BCUT2D eigenvalue weighted by molar-refractivity contribution is -0.384. The highest BCUT2D eigenvalue weighted by molar-refractivity contribution is 6.33. The Morgan fingerprint density at radius 1 is 1.22 bits per heavy atom. The number of non-ortho nitro benzene ring substituents is 1. The molecule has 0 saturated heterocycles. The molecule has 0 atom stereocenters. The van der Waals surface area contributed by atoms with Crippen LogP contribution in [-0.4, -0.2) is 29.7 Å². The van der Waals surface area contributed by atoms with E-state index in [1.54, 1.807) is 6.07 Å². The Balaban J connectivity index is 2.21. The van der Waals surface area contributed by atoms with Crippen molar-refractivity contribution in [2.75, 3.05) is 24.6 Å². The number of nitrogens with zero attached hydrogens (tertiary/aromatic N) is 5. The highest BCUT2D eigenvalue weighted by atomic mass is 35.5. The Bertz CT molecular complexity index is 895. The Morgan fingerprint density at radius 2 is 1.93 bits per heavy atom. The molecule has 9 heteroatoms. The highest BCUT2D eigenvalue weighted by Crippen LogP contribution is 2.32. The molecule has 27 heavy (non-hydrogen) atoms. The van der Waals surface area contributed by atoms with E-state index in [0.717, 1.165) is 11.3 Å². The van der Waals surface area contributed by atoms with Crippen molar-refractivity contribution in [3.63, 3.8) is 0 Å². The second-order valence-electron chi connectivity index (χ2n) is 5.68. The summed E-state index contributed by atoms with van der Waals surface area (Å²) < 4.78 is 0. The van der Waals surface area contributed by atoms with Crippen molar-refractivity contribution in [1.29, 1.82) is 5.26 Å². The van der Waals surface area contributed by atoms with Crippen molar-refractivity contribution in [2.45, 2.75) is 13.3 Å². The standard InChI is InChI=1S/C18H18ClN5O3/c1-13-11-14(23(9-10-25)8-2-7-20)3-5-17(13)21-22-18-6-4-15(24(26)27)12-16(18)19/h3-6,11-12,25H,2,8-10H2,1H3. The summed E-state index contributed by atoms with van der Waals surface area (Å²) in [6.07, 6.45) is 0.360. The zero-order valence-corrected chi connectivity index (χ0v) is 15.4. The van der Waals surface area contributed by atoms with E-state index in [2.05, 4.69) is 16.3 Å². The number of nitro groups is 1. The predicted molar refractivity (Wildman–Crippen MR) is 103 cm³/mol. The third-order valence-electron chi connectivity index (χ3n) is 3.82. The molecule has 0 amide bonds. The van der Waals surface area contributed by atoms with Gasteiger partial charge in [0.15, 0.2) is 0 Å². The van der Waals surface area contributed by atoms with E-state index >= 15 is 0 Å². The quantitative estimate of drug-likeness (QED) is 0.401. The van der Waals surface area contributed by atoms with Gasteiger partial charge < -0.3 is 10.0 Å². The minimum absolute atomic E-state index is 0.00935. The normalized spacial score (nSPS) is 10.7. The maximum absolute atomic E-state index is 10.7. The lowest BCUT2D eigenvalue weighted by Crippen LogP contribution is -2.27. The van der Waals surface area contributed by atoms with Crippen LogP contribution >= 0.6 is 11.6 Å². The predicted octanol–water partition coefficient (Wildman–Crippen LogP) is 4.68. The molecule has 2 aromatic rings. The number of nitriles is 1. The van der Waals surface area contributed by atoms with Crippen molar-refractivity contribution in [2.24, 2.45) is 10.2 Å². The molecule has 0 unspecified atom stereocenters. The molecular weight excluding hydrogens is 370 g/mol. The average molecular weight is 388 g/mol. The van der Waals surface area contributed by atoms with E-state index in [-0.39, 0.29) is 17.3 Å². The van der Waals surface area contributed by atoms with Crippen LogP contribution in [-0.2, 0) is 0 Å². The lowest BCUT2D eigenvalue weighted by atomic mass is 10.1. The summed E-state index contributed by atoms with van der Waals surface area (Å²) in [4.78, 5) is 12.1. The first-order valence-electron chi connectivity index (χ1n) is 8.15. The van der Waals surface area contributed by atoms with Crippen LogP contribution in [0.1, 0.15) is 12.0 Å². The van der Waals surface area contributed by atoms with Crippen LogP contribution in [0.25, 0.3) is 0 Å². The number of rotatable bonds is 8. The average Bonchev–Trinajstić information content (AvgIpc) is 2.64. The maximum atomic E-state index is 10.7. The lowest BCUT2D eigenvalue weighted by Gasteiger charge is -2.23. The first-order chi connectivity index (χ1) is 13.0. The Kier molecular flexibility index (Phi) is 7.23. The number of benzene rings is 2. The number of halogens is 1. The molecule has 1 N–H and O–H groups in total. The molecule has 0 heterocycles. The van der Waals surface area contributed by atoms with Gasteiger partial charge in [0, 0.05) is 30.9 Å². The van der Waals surface area contributed by atoms with Crippen LogP contribution in [0.15, 0.2) is 46.6 Å². The molecule has 0 saturated carbocycles. The summed E-state index contributed by atoms with van der Waals surface area (Å²) in [7, 11) is 0. The van der Waals surface area contributed by atoms with E-state index < -0.39 is 4.92 Å². The largest absolute Gasteiger partial charge is 0.395 e. The molecule has 0 bridgehead atoms. The summed E-state index contributed by atoms with van der Waals surface area (Å²) in [6, 6.07) is 11.6. The van der Waals surface area contributed by atoms with Crippen LogP contribution in [0.2, 0.25) is 5.02 Å². The molecule has 140 valence electrons. The van der Waals surface area contributed by atoms with Crippen LogP contribution in [0.4, 0.5) is 22.7 Å². The summed E-state index contributed by atoms with van der Waals surface area (Å²) in [6.45, 7) is 2.82. The number of anilines is 1. The number of aryl methyl sites for hydroxylation is 1. The molecule has 2 rings (SSSR count). The van der Waals surface area contributed by atoms with Gasteiger partial charge in [-0.15, -0.1) is 5.11 Å². The molecule has 0 aliphatic carbocycles. The van der Waals surface area contributed by atoms with E-state index in [1.807, 2.05) is 24.0 Å². The van der Waals surface area contributed by atoms with E-state index in [4.69, 9.17) is 16.9 Å². The highest BCUT2D eigenvalue weighted by Gasteiger charge is 2.10. The van der Waals surface area contributed by atoms with Crippen molar-refractivity contribution in [3.8, 4) is 6.07 Å². The van der Waals surface area contributed by atoms with E-state index in [1.165, 1.54) is 18.2 Å². The fourth-order valence-electron chi connectivity index (χ4n) is 2.42. The minimum atomic E-state index is -0.528. The first-order valence-corrected chi connectivity index (χ1v) is 8.53. The second-order valence-corrected chi connectivity index (χ2v) is 6.09. The number of azo groups is 1. The molecule has 0 fully saturated rings. The summed E-state index contributed by atoms with van der Waals surface area (Å²) in [5, 5.41) is 37.1. The Labute approximate surface area is 161 Å². The monoisotopic (exact) mass is 387 g/mol. The van der Waals surface area contributed by atoms with Gasteiger partial charge >= 0.3 is 0 Å². The van der Waals surface area contributed by atoms with Gasteiger partial charge in [-0.2, -0.15) is 10.4 Å². The SMILES string of the molecule is Cc1cc(N(CCO)CCC#N)ccc1N=Nc1ccc([N+](=O)[O-])cc1Cl. The topological polar surface area (TPSA) is 115 Å². The molecule has 0 radical (unpaired) electrons. The number of aliphatic hydroxyl groups excluding tert-OH is 1. The Morgan fingerprint density at radius 3 is 2.52 bits per heavy atom. The third-order valence-corrected chi connectivity index (χ3v) is 4.12. The maximum Gasteiger partial charge on any atom is 0.271 e. The number of nitro benzene ring substituents is 1. The van der Waals surface area contributed by atoms with Gasteiger partial charge in [0.1, 0.15) is 5.69 Å². The van der Waals surface area contributed by atoms with Gasteiger partial charge in [-0.1, -0.05) is 11.6 Å². The molecule has 0 spiro atoms. The first kappa shape index (κ1) is 20.3. The summed E-state index contributed by atoms with van der Waals surface area (Å²) in [5.74, 6) is 0. The summed E-state index contributed by atoms with van der Waals surface area (Å²) in [5.41, 5.74) is 2.58. The third kappa shape index (κ3) is 5.48. The van der Waals surface area contributed by atoms with Crippen LogP contribution in [0.5, 0.6) is 0 Å². The molecule has 0 aromatic heterocycles. The fraction of sp³-hybridized carbons (Fsp3) is 0.278. The van der Waals surface area contributed by atoms with Crippen molar-refractivity contribution in [1.82, 2.24) is 0 Å². The van der Waals surface area contributed by atoms with Gasteiger partial charge in [-0.05, 0) is 36.8 Å². The van der Waals surface area contributed by atoms with Gasteiger partial charge in [0.05, 0.1) is 34.7 Å². The molecule has 8 nitrogen and oxygen atoms in total. The van der Waals surface area contributed by atoms with Gasteiger partial charge in [0.25, 0.3) is 5.69 Å². The zero-order valence-electron chi connectivity index (χ0n) is 14.7. The Hall–Kier alpha value is -3.02.